The second-order valence-electron chi connectivity index (χ2n) is 5.02. The van der Waals surface area contributed by atoms with Gasteiger partial charge < -0.3 is 9.64 Å². The fourth-order valence-electron chi connectivity index (χ4n) is 2.59. The van der Waals surface area contributed by atoms with E-state index in [4.69, 9.17) is 4.74 Å². The molecule has 0 radical (unpaired) electrons. The van der Waals surface area contributed by atoms with Crippen molar-refractivity contribution in [3.8, 4) is 0 Å². The minimum Gasteiger partial charge on any atom is -0.375 e. The first-order chi connectivity index (χ1) is 9.79. The molecule has 1 unspecified atom stereocenters. The van der Waals surface area contributed by atoms with Crippen LogP contribution in [0.5, 0.6) is 0 Å². The summed E-state index contributed by atoms with van der Waals surface area (Å²) in [7, 11) is 0. The van der Waals surface area contributed by atoms with Gasteiger partial charge in [0, 0.05) is 19.3 Å². The SMILES string of the molecule is CCCC1CN(C(=O)c2cccn3cnnc23)CCO1. The van der Waals surface area contributed by atoms with E-state index in [1.54, 1.807) is 16.8 Å². The average Bonchev–Trinajstić information content (AvgIpc) is 2.95. The maximum absolute atomic E-state index is 12.7. The van der Waals surface area contributed by atoms with Crippen LogP contribution < -0.4 is 0 Å². The Bertz CT molecular complexity index is 608. The molecular formula is C14H18N4O2. The van der Waals surface area contributed by atoms with Gasteiger partial charge >= 0.3 is 0 Å². The topological polar surface area (TPSA) is 59.7 Å². The zero-order chi connectivity index (χ0) is 13.9. The standard InChI is InChI=1S/C14H18N4O2/c1-2-4-11-9-17(7-8-20-11)14(19)12-5-3-6-18-10-15-16-13(12)18/h3,5-6,10-11H,2,4,7-9H2,1H3. The van der Waals surface area contributed by atoms with E-state index in [1.807, 2.05) is 17.2 Å². The molecule has 1 aliphatic rings. The number of nitrogens with zero attached hydrogens (tertiary/aromatic N) is 4. The average molecular weight is 274 g/mol. The lowest BCUT2D eigenvalue weighted by Crippen LogP contribution is -2.45. The van der Waals surface area contributed by atoms with E-state index in [9.17, 15) is 4.79 Å². The van der Waals surface area contributed by atoms with Crippen molar-refractivity contribution in [2.24, 2.45) is 0 Å². The molecule has 2 aromatic rings. The molecule has 2 aromatic heterocycles. The number of hydrogen-bond donors (Lipinski definition) is 0. The van der Waals surface area contributed by atoms with Gasteiger partial charge in [0.05, 0.1) is 18.3 Å². The third-order valence-corrected chi connectivity index (χ3v) is 3.59. The maximum atomic E-state index is 12.7. The number of pyridine rings is 1. The molecule has 0 saturated carbocycles. The third kappa shape index (κ3) is 2.38. The minimum absolute atomic E-state index is 0.00741. The summed E-state index contributed by atoms with van der Waals surface area (Å²) in [6, 6.07) is 3.64. The fraction of sp³-hybridized carbons (Fsp3) is 0.500. The first-order valence-corrected chi connectivity index (χ1v) is 6.99. The molecule has 0 aliphatic carbocycles. The van der Waals surface area contributed by atoms with Crippen LogP contribution in [0, 0.1) is 0 Å². The Morgan fingerprint density at radius 2 is 2.45 bits per heavy atom. The highest BCUT2D eigenvalue weighted by molar-refractivity contribution is 5.99. The zero-order valence-electron chi connectivity index (χ0n) is 11.5. The molecule has 1 fully saturated rings. The lowest BCUT2D eigenvalue weighted by Gasteiger charge is -2.33. The van der Waals surface area contributed by atoms with E-state index in [0.29, 0.717) is 30.9 Å². The van der Waals surface area contributed by atoms with Gasteiger partial charge in [-0.15, -0.1) is 10.2 Å². The van der Waals surface area contributed by atoms with Crippen LogP contribution >= 0.6 is 0 Å². The van der Waals surface area contributed by atoms with E-state index >= 15 is 0 Å². The van der Waals surface area contributed by atoms with Gasteiger partial charge in [0.1, 0.15) is 6.33 Å². The van der Waals surface area contributed by atoms with Crippen LogP contribution in [-0.4, -0.2) is 51.2 Å². The molecule has 0 aromatic carbocycles. The molecule has 1 atom stereocenters. The number of carbonyl (C=O) groups is 1. The predicted molar refractivity (Wildman–Crippen MR) is 73.5 cm³/mol. The van der Waals surface area contributed by atoms with Gasteiger partial charge in [0.25, 0.3) is 5.91 Å². The largest absolute Gasteiger partial charge is 0.375 e. The molecule has 3 heterocycles. The van der Waals surface area contributed by atoms with Gasteiger partial charge in [-0.1, -0.05) is 13.3 Å². The highest BCUT2D eigenvalue weighted by Gasteiger charge is 2.26. The Morgan fingerprint density at radius 1 is 1.55 bits per heavy atom. The summed E-state index contributed by atoms with van der Waals surface area (Å²) in [6.07, 6.45) is 5.64. The normalized spacial score (nSPS) is 19.4. The number of rotatable bonds is 3. The molecule has 1 saturated heterocycles. The van der Waals surface area contributed by atoms with Crippen molar-refractivity contribution in [2.45, 2.75) is 25.9 Å². The number of amides is 1. The summed E-state index contributed by atoms with van der Waals surface area (Å²) in [4.78, 5) is 14.5. The van der Waals surface area contributed by atoms with E-state index < -0.39 is 0 Å². The van der Waals surface area contributed by atoms with Crippen LogP contribution in [0.2, 0.25) is 0 Å². The molecule has 0 spiro atoms. The second-order valence-corrected chi connectivity index (χ2v) is 5.02. The first kappa shape index (κ1) is 13.1. The van der Waals surface area contributed by atoms with Crippen molar-refractivity contribution in [1.29, 1.82) is 0 Å². The zero-order valence-corrected chi connectivity index (χ0v) is 11.5. The molecule has 0 bridgehead atoms. The summed E-state index contributed by atoms with van der Waals surface area (Å²) in [5.41, 5.74) is 1.21. The number of fused-ring (bicyclic) bond motifs is 1. The molecule has 20 heavy (non-hydrogen) atoms. The predicted octanol–water partition coefficient (Wildman–Crippen LogP) is 1.37. The molecule has 3 rings (SSSR count). The van der Waals surface area contributed by atoms with E-state index in [1.165, 1.54) is 0 Å². The lowest BCUT2D eigenvalue weighted by atomic mass is 10.1. The smallest absolute Gasteiger partial charge is 0.257 e. The monoisotopic (exact) mass is 274 g/mol. The molecule has 1 amide bonds. The van der Waals surface area contributed by atoms with Crippen LogP contribution in [0.15, 0.2) is 24.7 Å². The second kappa shape index (κ2) is 5.58. The third-order valence-electron chi connectivity index (χ3n) is 3.59. The van der Waals surface area contributed by atoms with Gasteiger partial charge in [-0.05, 0) is 18.6 Å². The Morgan fingerprint density at radius 3 is 3.30 bits per heavy atom. The molecule has 6 nitrogen and oxygen atoms in total. The van der Waals surface area contributed by atoms with Crippen molar-refractivity contribution in [2.75, 3.05) is 19.7 Å². The summed E-state index contributed by atoms with van der Waals surface area (Å²) in [5.74, 6) is 0.00741. The minimum atomic E-state index is 0.00741. The van der Waals surface area contributed by atoms with Crippen molar-refractivity contribution in [1.82, 2.24) is 19.5 Å². The van der Waals surface area contributed by atoms with Crippen LogP contribution in [0.4, 0.5) is 0 Å². The Labute approximate surface area is 117 Å². The lowest BCUT2D eigenvalue weighted by molar-refractivity contribution is -0.0249. The van der Waals surface area contributed by atoms with Gasteiger partial charge in [-0.25, -0.2) is 0 Å². The van der Waals surface area contributed by atoms with Gasteiger partial charge in [0.15, 0.2) is 5.65 Å². The van der Waals surface area contributed by atoms with Crippen LogP contribution in [-0.2, 0) is 4.74 Å². The highest BCUT2D eigenvalue weighted by Crippen LogP contribution is 2.16. The van der Waals surface area contributed by atoms with Crippen LogP contribution in [0.1, 0.15) is 30.1 Å². The Hall–Kier alpha value is -1.95. The fourth-order valence-corrected chi connectivity index (χ4v) is 2.59. The van der Waals surface area contributed by atoms with Gasteiger partial charge in [-0.3, -0.25) is 9.20 Å². The number of aromatic nitrogens is 3. The van der Waals surface area contributed by atoms with Gasteiger partial charge in [0.2, 0.25) is 0 Å². The van der Waals surface area contributed by atoms with Crippen LogP contribution in [0.3, 0.4) is 0 Å². The van der Waals surface area contributed by atoms with Crippen molar-refractivity contribution >= 4 is 11.6 Å². The quantitative estimate of drug-likeness (QED) is 0.848. The summed E-state index contributed by atoms with van der Waals surface area (Å²) >= 11 is 0. The van der Waals surface area contributed by atoms with Crippen molar-refractivity contribution < 1.29 is 9.53 Å². The number of morpholine rings is 1. The number of ether oxygens (including phenoxy) is 1. The highest BCUT2D eigenvalue weighted by atomic mass is 16.5. The Balaban J connectivity index is 1.83. The van der Waals surface area contributed by atoms with Crippen molar-refractivity contribution in [3.63, 3.8) is 0 Å². The molecule has 6 heteroatoms. The molecular weight excluding hydrogens is 256 g/mol. The maximum Gasteiger partial charge on any atom is 0.257 e. The van der Waals surface area contributed by atoms with E-state index in [2.05, 4.69) is 17.1 Å². The Kier molecular flexibility index (Phi) is 3.64. The van der Waals surface area contributed by atoms with Crippen LogP contribution in [0.25, 0.3) is 5.65 Å². The van der Waals surface area contributed by atoms with Gasteiger partial charge in [-0.2, -0.15) is 0 Å². The number of hydrogen-bond acceptors (Lipinski definition) is 4. The summed E-state index contributed by atoms with van der Waals surface area (Å²) in [5, 5.41) is 7.88. The first-order valence-electron chi connectivity index (χ1n) is 6.99. The summed E-state index contributed by atoms with van der Waals surface area (Å²) in [6.45, 7) is 4.02. The summed E-state index contributed by atoms with van der Waals surface area (Å²) < 4.78 is 7.44. The number of carbonyl (C=O) groups excluding carboxylic acids is 1. The van der Waals surface area contributed by atoms with E-state index in [0.717, 1.165) is 12.8 Å². The van der Waals surface area contributed by atoms with E-state index in [-0.39, 0.29) is 12.0 Å². The van der Waals surface area contributed by atoms with Crippen molar-refractivity contribution in [3.05, 3.63) is 30.2 Å². The molecule has 106 valence electrons. The molecule has 0 N–H and O–H groups in total. The molecule has 1 aliphatic heterocycles.